The van der Waals surface area contributed by atoms with Crippen molar-refractivity contribution in [1.82, 2.24) is 10.2 Å². The van der Waals surface area contributed by atoms with Gasteiger partial charge in [-0.15, -0.1) is 16.7 Å². The summed E-state index contributed by atoms with van der Waals surface area (Å²) < 4.78 is 18.2. The first-order chi connectivity index (χ1) is 11.1. The highest BCUT2D eigenvalue weighted by Gasteiger charge is 2.20. The third-order valence-electron chi connectivity index (χ3n) is 3.07. The summed E-state index contributed by atoms with van der Waals surface area (Å²) in [6.45, 7) is 0. The highest BCUT2D eigenvalue weighted by Crippen LogP contribution is 2.24. The zero-order valence-electron chi connectivity index (χ0n) is 11.7. The molecule has 0 aliphatic carbocycles. The highest BCUT2D eigenvalue weighted by atomic mass is 35.5. The molecule has 0 radical (unpaired) electrons. The number of nitrogens with zero attached hydrogens (tertiary/aromatic N) is 2. The van der Waals surface area contributed by atoms with Crippen LogP contribution in [0.4, 0.5) is 10.4 Å². The van der Waals surface area contributed by atoms with Crippen LogP contribution in [0.15, 0.2) is 59.0 Å². The summed E-state index contributed by atoms with van der Waals surface area (Å²) in [4.78, 5) is 12.1. The molecule has 0 spiro atoms. The number of hydrogen-bond donors (Lipinski definition) is 1. The molecule has 0 aliphatic heterocycles. The number of hydrogen-bond acceptors (Lipinski definition) is 4. The lowest BCUT2D eigenvalue weighted by molar-refractivity contribution is -0.116. The average molecular weight is 332 g/mol. The molecule has 1 amide bonds. The standard InChI is InChI=1S/C16H11ClFN3O2/c17-13(10-4-2-1-3-5-10)14(22)19-16-21-20-15(23-16)11-6-8-12(18)9-7-11/h1-9,13H,(H,19,21,22). The molecule has 3 aromatic rings. The van der Waals surface area contributed by atoms with Crippen molar-refractivity contribution in [2.75, 3.05) is 5.32 Å². The van der Waals surface area contributed by atoms with Gasteiger partial charge in [-0.05, 0) is 29.8 Å². The molecule has 0 saturated carbocycles. The smallest absolute Gasteiger partial charge is 0.322 e. The van der Waals surface area contributed by atoms with Gasteiger partial charge in [0.15, 0.2) is 0 Å². The molecule has 0 fully saturated rings. The Bertz CT molecular complexity index is 806. The van der Waals surface area contributed by atoms with Crippen molar-refractivity contribution >= 4 is 23.5 Å². The van der Waals surface area contributed by atoms with Gasteiger partial charge < -0.3 is 4.42 Å². The Morgan fingerprint density at radius 1 is 1.09 bits per heavy atom. The molecule has 2 aromatic carbocycles. The normalized spacial score (nSPS) is 11.9. The molecule has 0 saturated heterocycles. The first-order valence-electron chi connectivity index (χ1n) is 6.73. The molecule has 7 heteroatoms. The highest BCUT2D eigenvalue weighted by molar-refractivity contribution is 6.32. The van der Waals surface area contributed by atoms with E-state index in [2.05, 4.69) is 15.5 Å². The largest absolute Gasteiger partial charge is 0.403 e. The Morgan fingerprint density at radius 2 is 1.78 bits per heavy atom. The molecule has 1 unspecified atom stereocenters. The molecule has 23 heavy (non-hydrogen) atoms. The van der Waals surface area contributed by atoms with Gasteiger partial charge in [-0.25, -0.2) is 4.39 Å². The van der Waals surface area contributed by atoms with Crippen molar-refractivity contribution in [3.63, 3.8) is 0 Å². The van der Waals surface area contributed by atoms with Crippen molar-refractivity contribution < 1.29 is 13.6 Å². The quantitative estimate of drug-likeness (QED) is 0.738. The van der Waals surface area contributed by atoms with Gasteiger partial charge in [0.25, 0.3) is 5.91 Å². The average Bonchev–Trinajstić information content (AvgIpc) is 3.04. The second-order valence-corrected chi connectivity index (χ2v) is 5.12. The van der Waals surface area contributed by atoms with Crippen LogP contribution in [-0.4, -0.2) is 16.1 Å². The predicted molar refractivity (Wildman–Crippen MR) is 83.4 cm³/mol. The minimum Gasteiger partial charge on any atom is -0.403 e. The van der Waals surface area contributed by atoms with Crippen molar-refractivity contribution in [3.05, 3.63) is 66.0 Å². The van der Waals surface area contributed by atoms with Crippen molar-refractivity contribution in [1.29, 1.82) is 0 Å². The minimum atomic E-state index is -0.877. The van der Waals surface area contributed by atoms with Gasteiger partial charge in [0.2, 0.25) is 5.89 Å². The number of anilines is 1. The molecular formula is C16H11ClFN3O2. The van der Waals surface area contributed by atoms with E-state index >= 15 is 0 Å². The second-order valence-electron chi connectivity index (χ2n) is 4.68. The number of carbonyl (C=O) groups is 1. The van der Waals surface area contributed by atoms with Crippen molar-refractivity contribution in [2.45, 2.75) is 5.38 Å². The van der Waals surface area contributed by atoms with E-state index in [1.165, 1.54) is 24.3 Å². The van der Waals surface area contributed by atoms with Crippen LogP contribution in [-0.2, 0) is 4.79 Å². The lowest BCUT2D eigenvalue weighted by Crippen LogP contribution is -2.17. The van der Waals surface area contributed by atoms with E-state index in [1.807, 2.05) is 6.07 Å². The van der Waals surface area contributed by atoms with E-state index in [4.69, 9.17) is 16.0 Å². The van der Waals surface area contributed by atoms with E-state index in [9.17, 15) is 9.18 Å². The number of amides is 1. The number of benzene rings is 2. The van der Waals surface area contributed by atoms with Gasteiger partial charge in [0.05, 0.1) is 0 Å². The van der Waals surface area contributed by atoms with E-state index in [-0.39, 0.29) is 17.7 Å². The van der Waals surface area contributed by atoms with E-state index < -0.39 is 11.3 Å². The summed E-state index contributed by atoms with van der Waals surface area (Å²) in [5.74, 6) is -0.673. The molecule has 1 atom stereocenters. The lowest BCUT2D eigenvalue weighted by atomic mass is 10.1. The van der Waals surface area contributed by atoms with E-state index in [0.29, 0.717) is 11.1 Å². The molecule has 0 aliphatic rings. The van der Waals surface area contributed by atoms with Crippen molar-refractivity contribution in [2.24, 2.45) is 0 Å². The maximum absolute atomic E-state index is 12.9. The lowest BCUT2D eigenvalue weighted by Gasteiger charge is -2.07. The van der Waals surface area contributed by atoms with Crippen molar-refractivity contribution in [3.8, 4) is 11.5 Å². The van der Waals surface area contributed by atoms with Crippen LogP contribution in [0, 0.1) is 5.82 Å². The first-order valence-corrected chi connectivity index (χ1v) is 7.16. The summed E-state index contributed by atoms with van der Waals surface area (Å²) in [5.41, 5.74) is 1.20. The summed E-state index contributed by atoms with van der Waals surface area (Å²) in [5, 5.41) is 9.11. The molecule has 116 valence electrons. The molecule has 0 bridgehead atoms. The minimum absolute atomic E-state index is 0.0732. The van der Waals surface area contributed by atoms with Crippen LogP contribution >= 0.6 is 11.6 Å². The van der Waals surface area contributed by atoms with Gasteiger partial charge >= 0.3 is 6.01 Å². The molecule has 1 aromatic heterocycles. The van der Waals surface area contributed by atoms with Gasteiger partial charge in [0, 0.05) is 5.56 Å². The maximum Gasteiger partial charge on any atom is 0.322 e. The zero-order chi connectivity index (χ0) is 16.2. The monoisotopic (exact) mass is 331 g/mol. The van der Waals surface area contributed by atoms with Crippen LogP contribution in [0.25, 0.3) is 11.5 Å². The topological polar surface area (TPSA) is 68.0 Å². The second kappa shape index (κ2) is 6.58. The SMILES string of the molecule is O=C(Nc1nnc(-c2ccc(F)cc2)o1)C(Cl)c1ccccc1. The Balaban J connectivity index is 1.71. The van der Waals surface area contributed by atoms with Crippen LogP contribution in [0.5, 0.6) is 0 Å². The number of rotatable bonds is 4. The molecular weight excluding hydrogens is 321 g/mol. The summed E-state index contributed by atoms with van der Waals surface area (Å²) in [6.07, 6.45) is 0. The van der Waals surface area contributed by atoms with Gasteiger partial charge in [-0.1, -0.05) is 35.4 Å². The van der Waals surface area contributed by atoms with Gasteiger partial charge in [-0.2, -0.15) is 0 Å². The molecule has 5 nitrogen and oxygen atoms in total. The number of aromatic nitrogens is 2. The number of alkyl halides is 1. The summed E-state index contributed by atoms with van der Waals surface area (Å²) in [6, 6.07) is 14.4. The van der Waals surface area contributed by atoms with Gasteiger partial charge in [0.1, 0.15) is 11.2 Å². The van der Waals surface area contributed by atoms with Gasteiger partial charge in [-0.3, -0.25) is 10.1 Å². The Kier molecular flexibility index (Phi) is 4.34. The summed E-state index contributed by atoms with van der Waals surface area (Å²) >= 11 is 6.10. The van der Waals surface area contributed by atoms with E-state index in [1.54, 1.807) is 24.3 Å². The Labute approximate surface area is 136 Å². The zero-order valence-corrected chi connectivity index (χ0v) is 12.5. The maximum atomic E-state index is 12.9. The molecule has 3 rings (SSSR count). The van der Waals surface area contributed by atoms with Crippen LogP contribution in [0.2, 0.25) is 0 Å². The predicted octanol–water partition coefficient (Wildman–Crippen LogP) is 3.79. The van der Waals surface area contributed by atoms with E-state index in [0.717, 1.165) is 0 Å². The first kappa shape index (κ1) is 15.2. The third-order valence-corrected chi connectivity index (χ3v) is 3.52. The van der Waals surface area contributed by atoms with Crippen LogP contribution in [0.3, 0.4) is 0 Å². The molecule has 1 heterocycles. The number of carbonyl (C=O) groups excluding carboxylic acids is 1. The fourth-order valence-electron chi connectivity index (χ4n) is 1.92. The summed E-state index contributed by atoms with van der Waals surface area (Å²) in [7, 11) is 0. The molecule has 1 N–H and O–H groups in total. The fourth-order valence-corrected chi connectivity index (χ4v) is 2.13. The van der Waals surface area contributed by atoms with Crippen LogP contribution in [0.1, 0.15) is 10.9 Å². The number of halogens is 2. The Morgan fingerprint density at radius 3 is 2.48 bits per heavy atom. The Hall–Kier alpha value is -2.73. The third kappa shape index (κ3) is 3.54. The van der Waals surface area contributed by atoms with Crippen LogP contribution < -0.4 is 5.32 Å². The fraction of sp³-hybridized carbons (Fsp3) is 0.0625. The number of nitrogens with one attached hydrogen (secondary N) is 1.